The summed E-state index contributed by atoms with van der Waals surface area (Å²) >= 11 is 6.05. The maximum atomic E-state index is 6.05. The fourth-order valence-electron chi connectivity index (χ4n) is 1.76. The van der Waals surface area contributed by atoms with Crippen molar-refractivity contribution in [3.8, 4) is 5.88 Å². The van der Waals surface area contributed by atoms with Crippen LogP contribution in [-0.2, 0) is 6.42 Å². The van der Waals surface area contributed by atoms with Crippen LogP contribution in [0, 0.1) is 5.92 Å². The Morgan fingerprint density at radius 3 is 2.71 bits per heavy atom. The molecular formula is C13H21ClN2O. The van der Waals surface area contributed by atoms with Crippen LogP contribution in [0.4, 0.5) is 0 Å². The molecule has 0 N–H and O–H groups in total. The van der Waals surface area contributed by atoms with Crippen LogP contribution in [0.5, 0.6) is 5.88 Å². The summed E-state index contributed by atoms with van der Waals surface area (Å²) in [6, 6.07) is 0. The van der Waals surface area contributed by atoms with E-state index in [-0.39, 0.29) is 0 Å². The lowest BCUT2D eigenvalue weighted by molar-refractivity contribution is 0.240. The first kappa shape index (κ1) is 14.2. The molecule has 3 nitrogen and oxygen atoms in total. The summed E-state index contributed by atoms with van der Waals surface area (Å²) in [6.45, 7) is 7.16. The molecule has 0 aliphatic heterocycles. The zero-order valence-electron chi connectivity index (χ0n) is 10.9. The van der Waals surface area contributed by atoms with Crippen LogP contribution >= 0.6 is 11.6 Å². The quantitative estimate of drug-likeness (QED) is 0.694. The third-order valence-corrected chi connectivity index (χ3v) is 2.97. The molecule has 1 heterocycles. The SMILES string of the molecule is CCCc1c(Cl)ncnc1OCC(C)CCC. The van der Waals surface area contributed by atoms with E-state index >= 15 is 0 Å². The van der Waals surface area contributed by atoms with Gasteiger partial charge in [0.15, 0.2) is 0 Å². The zero-order valence-corrected chi connectivity index (χ0v) is 11.6. The van der Waals surface area contributed by atoms with Gasteiger partial charge in [0.25, 0.3) is 0 Å². The Kier molecular flexibility index (Phi) is 6.27. The van der Waals surface area contributed by atoms with E-state index in [1.165, 1.54) is 19.2 Å². The van der Waals surface area contributed by atoms with Crippen molar-refractivity contribution >= 4 is 11.6 Å². The van der Waals surface area contributed by atoms with Crippen molar-refractivity contribution in [2.75, 3.05) is 6.61 Å². The maximum absolute atomic E-state index is 6.05. The van der Waals surface area contributed by atoms with Crippen LogP contribution in [-0.4, -0.2) is 16.6 Å². The first-order valence-electron chi connectivity index (χ1n) is 6.31. The summed E-state index contributed by atoms with van der Waals surface area (Å²) in [4.78, 5) is 8.17. The van der Waals surface area contributed by atoms with Gasteiger partial charge in [-0.3, -0.25) is 0 Å². The largest absolute Gasteiger partial charge is 0.477 e. The Labute approximate surface area is 109 Å². The molecule has 0 spiro atoms. The molecule has 1 aromatic rings. The zero-order chi connectivity index (χ0) is 12.7. The van der Waals surface area contributed by atoms with E-state index in [9.17, 15) is 0 Å². The number of nitrogens with zero attached hydrogens (tertiary/aromatic N) is 2. The molecule has 0 saturated heterocycles. The summed E-state index contributed by atoms with van der Waals surface area (Å²) in [6.07, 6.45) is 5.67. The van der Waals surface area contributed by atoms with Crippen molar-refractivity contribution in [3.63, 3.8) is 0 Å². The second-order valence-corrected chi connectivity index (χ2v) is 4.76. The third kappa shape index (κ3) is 4.50. The van der Waals surface area contributed by atoms with Crippen molar-refractivity contribution in [2.45, 2.75) is 46.5 Å². The number of halogens is 1. The molecule has 0 aromatic carbocycles. The van der Waals surface area contributed by atoms with Gasteiger partial charge in [-0.25, -0.2) is 9.97 Å². The van der Waals surface area contributed by atoms with E-state index in [0.29, 0.717) is 23.6 Å². The number of aromatic nitrogens is 2. The van der Waals surface area contributed by atoms with Crippen molar-refractivity contribution in [1.82, 2.24) is 9.97 Å². The van der Waals surface area contributed by atoms with Gasteiger partial charge in [0, 0.05) is 0 Å². The molecule has 1 unspecified atom stereocenters. The van der Waals surface area contributed by atoms with E-state index in [1.807, 2.05) is 0 Å². The third-order valence-electron chi connectivity index (χ3n) is 2.64. The van der Waals surface area contributed by atoms with Crippen molar-refractivity contribution < 1.29 is 4.74 Å². The number of ether oxygens (including phenoxy) is 1. The van der Waals surface area contributed by atoms with Gasteiger partial charge < -0.3 is 4.74 Å². The van der Waals surface area contributed by atoms with Gasteiger partial charge in [-0.1, -0.05) is 45.2 Å². The molecule has 0 amide bonds. The van der Waals surface area contributed by atoms with Crippen LogP contribution in [0.2, 0.25) is 5.15 Å². The summed E-state index contributed by atoms with van der Waals surface area (Å²) in [7, 11) is 0. The van der Waals surface area contributed by atoms with Crippen molar-refractivity contribution in [1.29, 1.82) is 0 Å². The molecule has 0 bridgehead atoms. The highest BCUT2D eigenvalue weighted by atomic mass is 35.5. The van der Waals surface area contributed by atoms with E-state index in [2.05, 4.69) is 30.7 Å². The standard InChI is InChI=1S/C13H21ClN2O/c1-4-6-10(3)8-17-13-11(7-5-2)12(14)15-9-16-13/h9-10H,4-8H2,1-3H3. The Bertz CT molecular complexity index is 344. The maximum Gasteiger partial charge on any atom is 0.221 e. The minimum absolute atomic E-state index is 0.514. The second-order valence-electron chi connectivity index (χ2n) is 4.40. The van der Waals surface area contributed by atoms with Crippen LogP contribution in [0.15, 0.2) is 6.33 Å². The first-order valence-corrected chi connectivity index (χ1v) is 6.68. The molecule has 1 rings (SSSR count). The predicted octanol–water partition coefficient (Wildman–Crippen LogP) is 3.90. The molecule has 0 saturated carbocycles. The van der Waals surface area contributed by atoms with Crippen molar-refractivity contribution in [2.24, 2.45) is 5.92 Å². The summed E-state index contributed by atoms with van der Waals surface area (Å²) in [5.41, 5.74) is 0.931. The van der Waals surface area contributed by atoms with Crippen LogP contribution in [0.25, 0.3) is 0 Å². The van der Waals surface area contributed by atoms with Crippen LogP contribution in [0.3, 0.4) is 0 Å². The molecular weight excluding hydrogens is 236 g/mol. The average Bonchev–Trinajstić information content (AvgIpc) is 2.30. The fraction of sp³-hybridized carbons (Fsp3) is 0.692. The number of hydrogen-bond donors (Lipinski definition) is 0. The Hall–Kier alpha value is -0.830. The van der Waals surface area contributed by atoms with Crippen LogP contribution < -0.4 is 4.74 Å². The van der Waals surface area contributed by atoms with Gasteiger partial charge in [-0.15, -0.1) is 0 Å². The van der Waals surface area contributed by atoms with E-state index in [0.717, 1.165) is 18.4 Å². The molecule has 96 valence electrons. The van der Waals surface area contributed by atoms with Crippen molar-refractivity contribution in [3.05, 3.63) is 17.0 Å². The number of rotatable bonds is 7. The first-order chi connectivity index (χ1) is 8.19. The van der Waals surface area contributed by atoms with Crippen LogP contribution in [0.1, 0.15) is 45.6 Å². The second kappa shape index (κ2) is 7.49. The topological polar surface area (TPSA) is 35.0 Å². The van der Waals surface area contributed by atoms with E-state index in [4.69, 9.17) is 16.3 Å². The van der Waals surface area contributed by atoms with Gasteiger partial charge in [0.1, 0.15) is 11.5 Å². The Morgan fingerprint density at radius 2 is 2.06 bits per heavy atom. The van der Waals surface area contributed by atoms with Gasteiger partial charge in [-0.2, -0.15) is 0 Å². The van der Waals surface area contributed by atoms with Gasteiger partial charge >= 0.3 is 0 Å². The number of hydrogen-bond acceptors (Lipinski definition) is 3. The molecule has 0 radical (unpaired) electrons. The summed E-state index contributed by atoms with van der Waals surface area (Å²) in [5, 5.41) is 0.514. The molecule has 0 fully saturated rings. The lowest BCUT2D eigenvalue weighted by Crippen LogP contribution is -2.11. The average molecular weight is 257 g/mol. The molecule has 1 aromatic heterocycles. The lowest BCUT2D eigenvalue weighted by atomic mass is 10.1. The minimum Gasteiger partial charge on any atom is -0.477 e. The molecule has 17 heavy (non-hydrogen) atoms. The molecule has 1 atom stereocenters. The highest BCUT2D eigenvalue weighted by Gasteiger charge is 2.11. The Balaban J connectivity index is 2.66. The Morgan fingerprint density at radius 1 is 1.29 bits per heavy atom. The molecule has 4 heteroatoms. The fourth-order valence-corrected chi connectivity index (χ4v) is 1.98. The van der Waals surface area contributed by atoms with E-state index < -0.39 is 0 Å². The molecule has 0 aliphatic carbocycles. The highest BCUT2D eigenvalue weighted by Crippen LogP contribution is 2.24. The van der Waals surface area contributed by atoms with Gasteiger partial charge in [-0.05, 0) is 18.8 Å². The molecule has 0 aliphatic rings. The lowest BCUT2D eigenvalue weighted by Gasteiger charge is -2.14. The normalized spacial score (nSPS) is 12.5. The predicted molar refractivity (Wildman–Crippen MR) is 70.6 cm³/mol. The smallest absolute Gasteiger partial charge is 0.221 e. The minimum atomic E-state index is 0.514. The monoisotopic (exact) mass is 256 g/mol. The van der Waals surface area contributed by atoms with E-state index in [1.54, 1.807) is 0 Å². The van der Waals surface area contributed by atoms with Gasteiger partial charge in [0.2, 0.25) is 5.88 Å². The summed E-state index contributed by atoms with van der Waals surface area (Å²) < 4.78 is 5.75. The highest BCUT2D eigenvalue weighted by molar-refractivity contribution is 6.30. The summed E-state index contributed by atoms with van der Waals surface area (Å²) in [5.74, 6) is 1.19. The van der Waals surface area contributed by atoms with Gasteiger partial charge in [0.05, 0.1) is 12.2 Å².